The van der Waals surface area contributed by atoms with Gasteiger partial charge in [-0.2, -0.15) is 0 Å². The number of carbonyl (C=O) groups excluding carboxylic acids is 2. The third-order valence-corrected chi connectivity index (χ3v) is 3.44. The summed E-state index contributed by atoms with van der Waals surface area (Å²) in [5.41, 5.74) is -0.823. The van der Waals surface area contributed by atoms with E-state index in [0.29, 0.717) is 30.9 Å². The summed E-state index contributed by atoms with van der Waals surface area (Å²) in [5.74, 6) is 0.560. The molecule has 0 aromatic carbocycles. The van der Waals surface area contributed by atoms with E-state index in [9.17, 15) is 9.59 Å². The van der Waals surface area contributed by atoms with Gasteiger partial charge in [-0.05, 0) is 26.7 Å². The fourth-order valence-electron chi connectivity index (χ4n) is 2.31. The van der Waals surface area contributed by atoms with Crippen molar-refractivity contribution in [2.75, 3.05) is 13.0 Å². The molecule has 1 aliphatic carbocycles. The average Bonchev–Trinajstić information content (AvgIpc) is 2.34. The number of halogens is 1. The maximum atomic E-state index is 12.3. The predicted octanol–water partition coefficient (Wildman–Crippen LogP) is 2.84. The van der Waals surface area contributed by atoms with Crippen LogP contribution in [-0.2, 0) is 19.1 Å². The minimum Gasteiger partial charge on any atom is -0.501 e. The molecule has 4 nitrogen and oxygen atoms in total. The van der Waals surface area contributed by atoms with Gasteiger partial charge in [0.15, 0.2) is 5.78 Å². The Morgan fingerprint density at radius 1 is 1.47 bits per heavy atom. The number of rotatable bonds is 6. The van der Waals surface area contributed by atoms with E-state index in [4.69, 9.17) is 21.1 Å². The molecule has 0 aromatic heterocycles. The van der Waals surface area contributed by atoms with Crippen LogP contribution in [0.3, 0.4) is 0 Å². The van der Waals surface area contributed by atoms with E-state index in [2.05, 4.69) is 0 Å². The predicted molar refractivity (Wildman–Crippen MR) is 72.9 cm³/mol. The summed E-state index contributed by atoms with van der Waals surface area (Å²) in [6.07, 6.45) is 3.03. The topological polar surface area (TPSA) is 52.6 Å². The highest BCUT2D eigenvalue weighted by molar-refractivity contribution is 6.17. The fourth-order valence-corrected chi connectivity index (χ4v) is 2.44. The molecule has 0 N–H and O–H groups in total. The van der Waals surface area contributed by atoms with Crippen LogP contribution in [0.1, 0.15) is 39.5 Å². The molecule has 1 rings (SSSR count). The largest absolute Gasteiger partial charge is 0.501 e. The number of esters is 1. The van der Waals surface area contributed by atoms with Crippen molar-refractivity contribution in [2.45, 2.75) is 45.6 Å². The van der Waals surface area contributed by atoms with Crippen molar-refractivity contribution in [3.63, 3.8) is 0 Å². The van der Waals surface area contributed by atoms with Crippen LogP contribution in [0.15, 0.2) is 11.8 Å². The second-order valence-corrected chi connectivity index (χ2v) is 5.54. The zero-order valence-corrected chi connectivity index (χ0v) is 12.5. The van der Waals surface area contributed by atoms with Gasteiger partial charge in [-0.1, -0.05) is 0 Å². The molecule has 5 heteroatoms. The third-order valence-electron chi connectivity index (χ3n) is 3.17. The lowest BCUT2D eigenvalue weighted by Crippen LogP contribution is -2.39. The van der Waals surface area contributed by atoms with Crippen molar-refractivity contribution in [2.24, 2.45) is 5.41 Å². The van der Waals surface area contributed by atoms with E-state index in [0.717, 1.165) is 0 Å². The molecule has 0 aliphatic heterocycles. The number of methoxy groups -OCH3 is 1. The number of carbonyl (C=O) groups is 2. The Bertz CT molecular complexity index is 376. The van der Waals surface area contributed by atoms with Crippen LogP contribution < -0.4 is 0 Å². The summed E-state index contributed by atoms with van der Waals surface area (Å²) in [7, 11) is 1.50. The first-order chi connectivity index (χ1) is 8.93. The van der Waals surface area contributed by atoms with Crippen LogP contribution in [0.5, 0.6) is 0 Å². The van der Waals surface area contributed by atoms with Gasteiger partial charge >= 0.3 is 5.97 Å². The average molecular weight is 289 g/mol. The van der Waals surface area contributed by atoms with Crippen molar-refractivity contribution in [1.29, 1.82) is 0 Å². The molecular formula is C14H21ClO4. The molecule has 0 heterocycles. The van der Waals surface area contributed by atoms with Gasteiger partial charge in [0.05, 0.1) is 18.6 Å². The molecule has 0 aromatic rings. The number of ether oxygens (including phenoxy) is 2. The lowest BCUT2D eigenvalue weighted by Gasteiger charge is -2.34. The van der Waals surface area contributed by atoms with Gasteiger partial charge < -0.3 is 9.47 Å². The molecule has 0 spiro atoms. The molecule has 19 heavy (non-hydrogen) atoms. The second kappa shape index (κ2) is 6.94. The lowest BCUT2D eigenvalue weighted by molar-refractivity contribution is -0.163. The minimum absolute atomic E-state index is 0.0987. The first-order valence-corrected chi connectivity index (χ1v) is 7.01. The van der Waals surface area contributed by atoms with Crippen LogP contribution in [0.4, 0.5) is 0 Å². The molecule has 1 atom stereocenters. The van der Waals surface area contributed by atoms with E-state index in [1.807, 2.05) is 0 Å². The lowest BCUT2D eigenvalue weighted by atomic mass is 9.72. The number of hydrogen-bond donors (Lipinski definition) is 0. The monoisotopic (exact) mass is 288 g/mol. The zero-order chi connectivity index (χ0) is 14.5. The van der Waals surface area contributed by atoms with E-state index >= 15 is 0 Å². The van der Waals surface area contributed by atoms with E-state index < -0.39 is 5.41 Å². The molecule has 0 saturated carbocycles. The SMILES string of the molecule is COC1=CC(=O)CC(CCCCl)(C(=O)OC(C)C)C1. The van der Waals surface area contributed by atoms with Gasteiger partial charge in [-0.3, -0.25) is 9.59 Å². The maximum Gasteiger partial charge on any atom is 0.313 e. The summed E-state index contributed by atoms with van der Waals surface area (Å²) < 4.78 is 10.5. The summed E-state index contributed by atoms with van der Waals surface area (Å²) in [5, 5.41) is 0. The first kappa shape index (κ1) is 16.0. The molecule has 0 amide bonds. The van der Waals surface area contributed by atoms with Gasteiger partial charge in [-0.15, -0.1) is 11.6 Å². The highest BCUT2D eigenvalue weighted by Gasteiger charge is 2.44. The maximum absolute atomic E-state index is 12.3. The van der Waals surface area contributed by atoms with Crippen LogP contribution >= 0.6 is 11.6 Å². The fraction of sp³-hybridized carbons (Fsp3) is 0.714. The minimum atomic E-state index is -0.823. The van der Waals surface area contributed by atoms with Crippen molar-refractivity contribution in [3.8, 4) is 0 Å². The highest BCUT2D eigenvalue weighted by Crippen LogP contribution is 2.40. The van der Waals surface area contributed by atoms with Crippen molar-refractivity contribution in [3.05, 3.63) is 11.8 Å². The van der Waals surface area contributed by atoms with Gasteiger partial charge in [0.2, 0.25) is 0 Å². The highest BCUT2D eigenvalue weighted by atomic mass is 35.5. The summed E-state index contributed by atoms with van der Waals surface area (Å²) in [6.45, 7) is 3.59. The van der Waals surface area contributed by atoms with Crippen LogP contribution in [0, 0.1) is 5.41 Å². The number of ketones is 1. The molecule has 108 valence electrons. The quantitative estimate of drug-likeness (QED) is 0.557. The molecule has 1 aliphatic rings. The van der Waals surface area contributed by atoms with E-state index in [1.54, 1.807) is 13.8 Å². The molecule has 1 unspecified atom stereocenters. The van der Waals surface area contributed by atoms with Crippen LogP contribution in [0.25, 0.3) is 0 Å². The third kappa shape index (κ3) is 4.23. The Balaban J connectivity index is 2.96. The Labute approximate surface area is 119 Å². The Morgan fingerprint density at radius 2 is 2.16 bits per heavy atom. The molecular weight excluding hydrogens is 268 g/mol. The van der Waals surface area contributed by atoms with Crippen molar-refractivity contribution >= 4 is 23.4 Å². The molecule has 0 fully saturated rings. The number of alkyl halides is 1. The molecule has 0 bridgehead atoms. The second-order valence-electron chi connectivity index (χ2n) is 5.16. The van der Waals surface area contributed by atoms with E-state index in [-0.39, 0.29) is 24.3 Å². The van der Waals surface area contributed by atoms with Crippen molar-refractivity contribution < 1.29 is 19.1 Å². The van der Waals surface area contributed by atoms with Gasteiger partial charge in [0.25, 0.3) is 0 Å². The standard InChI is InChI=1S/C14H21ClO4/c1-10(2)19-13(17)14(5-4-6-15)8-11(16)7-12(9-14)18-3/h7,10H,4-6,8-9H2,1-3H3. The number of hydrogen-bond acceptors (Lipinski definition) is 4. The smallest absolute Gasteiger partial charge is 0.313 e. The van der Waals surface area contributed by atoms with Gasteiger partial charge in [0.1, 0.15) is 5.76 Å². The normalized spacial score (nSPS) is 23.2. The summed E-state index contributed by atoms with van der Waals surface area (Å²) in [6, 6.07) is 0. The van der Waals surface area contributed by atoms with Crippen LogP contribution in [-0.4, -0.2) is 30.8 Å². The number of allylic oxidation sites excluding steroid dienone is 2. The Kier molecular flexibility index (Phi) is 5.85. The van der Waals surface area contributed by atoms with E-state index in [1.165, 1.54) is 13.2 Å². The first-order valence-electron chi connectivity index (χ1n) is 6.48. The summed E-state index contributed by atoms with van der Waals surface area (Å²) in [4.78, 5) is 24.1. The van der Waals surface area contributed by atoms with Crippen LogP contribution in [0.2, 0.25) is 0 Å². The molecule has 0 radical (unpaired) electrons. The zero-order valence-electron chi connectivity index (χ0n) is 11.7. The Morgan fingerprint density at radius 3 is 2.68 bits per heavy atom. The van der Waals surface area contributed by atoms with Gasteiger partial charge in [0, 0.05) is 24.8 Å². The molecule has 0 saturated heterocycles. The van der Waals surface area contributed by atoms with Crippen molar-refractivity contribution in [1.82, 2.24) is 0 Å². The van der Waals surface area contributed by atoms with Gasteiger partial charge in [-0.25, -0.2) is 0 Å². The Hall–Kier alpha value is -1.03. The summed E-state index contributed by atoms with van der Waals surface area (Å²) >= 11 is 5.72.